The number of hydrogen-bond donors (Lipinski definition) is 2. The fraction of sp³-hybridized carbons (Fsp3) is 0.700. The lowest BCUT2D eigenvalue weighted by Crippen LogP contribution is -2.40. The van der Waals surface area contributed by atoms with Crippen LogP contribution in [0.3, 0.4) is 0 Å². The maximum Gasteiger partial charge on any atom is 0.167 e. The maximum atomic E-state index is 9.17. The Morgan fingerprint density at radius 3 is 3.13 bits per heavy atom. The molecule has 0 bridgehead atoms. The van der Waals surface area contributed by atoms with Crippen molar-refractivity contribution in [1.29, 1.82) is 0 Å². The van der Waals surface area contributed by atoms with E-state index in [0.29, 0.717) is 5.25 Å². The first-order valence-electron chi connectivity index (χ1n) is 5.17. The zero-order valence-electron chi connectivity index (χ0n) is 8.89. The van der Waals surface area contributed by atoms with Gasteiger partial charge in [0.15, 0.2) is 5.16 Å². The van der Waals surface area contributed by atoms with E-state index in [0.717, 1.165) is 24.4 Å². The molecule has 2 rings (SSSR count). The molecule has 3 N–H and O–H groups in total. The van der Waals surface area contributed by atoms with E-state index < -0.39 is 0 Å². The number of hydrogen-bond acceptors (Lipinski definition) is 4. The van der Waals surface area contributed by atoms with Crippen molar-refractivity contribution in [2.45, 2.75) is 35.2 Å². The first kappa shape index (κ1) is 11.0. The summed E-state index contributed by atoms with van der Waals surface area (Å²) >= 11 is 1.76. The Hall–Kier alpha value is -0.520. The van der Waals surface area contributed by atoms with Crippen LogP contribution in [0.2, 0.25) is 0 Å². The molecule has 0 spiro atoms. The summed E-state index contributed by atoms with van der Waals surface area (Å²) in [6.45, 7) is 0.0879. The van der Waals surface area contributed by atoms with Crippen molar-refractivity contribution in [3.05, 3.63) is 12.4 Å². The Bertz CT molecular complexity index is 341. The average molecular weight is 227 g/mol. The van der Waals surface area contributed by atoms with Gasteiger partial charge in [0.25, 0.3) is 0 Å². The zero-order chi connectivity index (χ0) is 10.9. The monoisotopic (exact) mass is 227 g/mol. The molecular weight excluding hydrogens is 210 g/mol. The SMILES string of the molecule is Cn1ccnc1SC1CCC(N)(CO)C1. The molecule has 5 heteroatoms. The van der Waals surface area contributed by atoms with Crippen LogP contribution in [0.1, 0.15) is 19.3 Å². The molecular formula is C10H17N3OS. The molecule has 0 radical (unpaired) electrons. The number of aliphatic hydroxyl groups is 1. The number of aryl methyl sites for hydroxylation is 1. The van der Waals surface area contributed by atoms with E-state index >= 15 is 0 Å². The topological polar surface area (TPSA) is 64.1 Å². The van der Waals surface area contributed by atoms with Gasteiger partial charge in [-0.25, -0.2) is 4.98 Å². The van der Waals surface area contributed by atoms with Crippen LogP contribution >= 0.6 is 11.8 Å². The summed E-state index contributed by atoms with van der Waals surface area (Å²) in [6, 6.07) is 0. The number of nitrogens with two attached hydrogens (primary N) is 1. The summed E-state index contributed by atoms with van der Waals surface area (Å²) < 4.78 is 2.01. The van der Waals surface area contributed by atoms with Gasteiger partial charge in [-0.3, -0.25) is 0 Å². The van der Waals surface area contributed by atoms with Gasteiger partial charge >= 0.3 is 0 Å². The van der Waals surface area contributed by atoms with E-state index in [2.05, 4.69) is 4.98 Å². The molecule has 0 amide bonds. The van der Waals surface area contributed by atoms with E-state index in [1.165, 1.54) is 0 Å². The molecule has 1 heterocycles. The minimum Gasteiger partial charge on any atom is -0.394 e. The highest BCUT2D eigenvalue weighted by Crippen LogP contribution is 2.37. The predicted molar refractivity (Wildman–Crippen MR) is 60.7 cm³/mol. The highest BCUT2D eigenvalue weighted by atomic mass is 32.2. The highest BCUT2D eigenvalue weighted by molar-refractivity contribution is 7.99. The van der Waals surface area contributed by atoms with Crippen LogP contribution in [0.15, 0.2) is 17.6 Å². The van der Waals surface area contributed by atoms with Crippen LogP contribution < -0.4 is 5.73 Å². The first-order valence-corrected chi connectivity index (χ1v) is 6.05. The van der Waals surface area contributed by atoms with E-state index in [1.807, 2.05) is 17.8 Å². The lowest BCUT2D eigenvalue weighted by atomic mass is 10.0. The summed E-state index contributed by atoms with van der Waals surface area (Å²) in [6.07, 6.45) is 6.60. The second-order valence-electron chi connectivity index (χ2n) is 4.32. The standard InChI is InChI=1S/C10H17N3OS/c1-13-5-4-12-9(13)15-8-2-3-10(11,6-8)7-14/h4-5,8,14H,2-3,6-7,11H2,1H3. The lowest BCUT2D eigenvalue weighted by molar-refractivity contribution is 0.200. The fourth-order valence-electron chi connectivity index (χ4n) is 1.96. The van der Waals surface area contributed by atoms with Crippen LogP contribution in [-0.4, -0.2) is 32.1 Å². The molecule has 2 atom stereocenters. The van der Waals surface area contributed by atoms with Gasteiger partial charge in [0.05, 0.1) is 6.61 Å². The Morgan fingerprint density at radius 1 is 1.80 bits per heavy atom. The van der Waals surface area contributed by atoms with Crippen LogP contribution in [0.25, 0.3) is 0 Å². The Labute approximate surface area is 93.9 Å². The van der Waals surface area contributed by atoms with Crippen molar-refractivity contribution in [1.82, 2.24) is 9.55 Å². The van der Waals surface area contributed by atoms with Crippen molar-refractivity contribution in [3.63, 3.8) is 0 Å². The molecule has 15 heavy (non-hydrogen) atoms. The predicted octanol–water partition coefficient (Wildman–Crippen LogP) is 0.754. The third-order valence-corrected chi connectivity index (χ3v) is 4.30. The van der Waals surface area contributed by atoms with E-state index in [9.17, 15) is 0 Å². The molecule has 0 aliphatic heterocycles. The van der Waals surface area contributed by atoms with E-state index in [-0.39, 0.29) is 12.1 Å². The summed E-state index contributed by atoms with van der Waals surface area (Å²) in [4.78, 5) is 4.28. The van der Waals surface area contributed by atoms with E-state index in [1.54, 1.807) is 18.0 Å². The Balaban J connectivity index is 1.96. The molecule has 0 aromatic carbocycles. The minimum atomic E-state index is -0.358. The van der Waals surface area contributed by atoms with Gasteiger partial charge in [-0.1, -0.05) is 11.8 Å². The second-order valence-corrected chi connectivity index (χ2v) is 5.59. The van der Waals surface area contributed by atoms with Crippen LogP contribution in [-0.2, 0) is 7.05 Å². The van der Waals surface area contributed by atoms with Gasteiger partial charge in [-0.05, 0) is 19.3 Å². The van der Waals surface area contributed by atoms with Gasteiger partial charge in [0.2, 0.25) is 0 Å². The molecule has 84 valence electrons. The summed E-state index contributed by atoms with van der Waals surface area (Å²) in [5.74, 6) is 0. The molecule has 1 aliphatic carbocycles. The number of nitrogens with zero attached hydrogens (tertiary/aromatic N) is 2. The summed E-state index contributed by atoms with van der Waals surface area (Å²) in [5.41, 5.74) is 5.67. The third kappa shape index (κ3) is 2.35. The largest absolute Gasteiger partial charge is 0.394 e. The van der Waals surface area contributed by atoms with Gasteiger partial charge < -0.3 is 15.4 Å². The molecule has 0 saturated heterocycles. The molecule has 1 aliphatic rings. The maximum absolute atomic E-state index is 9.17. The van der Waals surface area contributed by atoms with Crippen LogP contribution in [0, 0.1) is 0 Å². The van der Waals surface area contributed by atoms with Gasteiger partial charge in [-0.15, -0.1) is 0 Å². The van der Waals surface area contributed by atoms with Gasteiger partial charge in [0.1, 0.15) is 0 Å². The van der Waals surface area contributed by atoms with Crippen molar-refractivity contribution in [2.24, 2.45) is 12.8 Å². The quantitative estimate of drug-likeness (QED) is 0.800. The molecule has 2 unspecified atom stereocenters. The zero-order valence-corrected chi connectivity index (χ0v) is 9.70. The smallest absolute Gasteiger partial charge is 0.167 e. The van der Waals surface area contributed by atoms with Crippen molar-refractivity contribution >= 4 is 11.8 Å². The fourth-order valence-corrected chi connectivity index (χ4v) is 3.26. The number of thioether (sulfide) groups is 1. The molecule has 1 aromatic rings. The molecule has 4 nitrogen and oxygen atoms in total. The van der Waals surface area contributed by atoms with Crippen LogP contribution in [0.5, 0.6) is 0 Å². The molecule has 1 fully saturated rings. The number of aromatic nitrogens is 2. The van der Waals surface area contributed by atoms with Crippen molar-refractivity contribution in [2.75, 3.05) is 6.61 Å². The van der Waals surface area contributed by atoms with Crippen molar-refractivity contribution < 1.29 is 5.11 Å². The van der Waals surface area contributed by atoms with Crippen LogP contribution in [0.4, 0.5) is 0 Å². The third-order valence-electron chi connectivity index (χ3n) is 2.96. The second kappa shape index (κ2) is 4.15. The Kier molecular flexibility index (Phi) is 3.04. The number of rotatable bonds is 3. The molecule has 1 saturated carbocycles. The van der Waals surface area contributed by atoms with E-state index in [4.69, 9.17) is 10.8 Å². The normalized spacial score (nSPS) is 31.0. The van der Waals surface area contributed by atoms with Gasteiger partial charge in [0, 0.05) is 30.2 Å². The minimum absolute atomic E-state index is 0.0879. The lowest BCUT2D eigenvalue weighted by Gasteiger charge is -2.20. The highest BCUT2D eigenvalue weighted by Gasteiger charge is 2.36. The number of aliphatic hydroxyl groups excluding tert-OH is 1. The van der Waals surface area contributed by atoms with Gasteiger partial charge in [-0.2, -0.15) is 0 Å². The van der Waals surface area contributed by atoms with Crippen molar-refractivity contribution in [3.8, 4) is 0 Å². The summed E-state index contributed by atoms with van der Waals surface area (Å²) in [7, 11) is 1.99. The number of imidazole rings is 1. The Morgan fingerprint density at radius 2 is 2.60 bits per heavy atom. The molecule has 1 aromatic heterocycles. The average Bonchev–Trinajstić information content (AvgIpc) is 2.77. The summed E-state index contributed by atoms with van der Waals surface area (Å²) in [5, 5.41) is 10.7. The first-order chi connectivity index (χ1) is 7.13.